The summed E-state index contributed by atoms with van der Waals surface area (Å²) in [6, 6.07) is 7.80. The van der Waals surface area contributed by atoms with Crippen LogP contribution < -0.4 is 10.6 Å². The summed E-state index contributed by atoms with van der Waals surface area (Å²) in [5, 5.41) is 7.22. The van der Waals surface area contributed by atoms with Gasteiger partial charge in [0.1, 0.15) is 0 Å². The highest BCUT2D eigenvalue weighted by Gasteiger charge is 2.13. The van der Waals surface area contributed by atoms with Crippen molar-refractivity contribution in [2.75, 3.05) is 39.0 Å². The van der Waals surface area contributed by atoms with Gasteiger partial charge in [-0.3, -0.25) is 4.99 Å². The zero-order valence-electron chi connectivity index (χ0n) is 15.7. The summed E-state index contributed by atoms with van der Waals surface area (Å²) in [6.45, 7) is 6.24. The van der Waals surface area contributed by atoms with Crippen LogP contribution >= 0.6 is 35.6 Å². The minimum atomic E-state index is -3.11. The Balaban J connectivity index is 0.00000625. The monoisotopic (exact) mass is 516 g/mol. The number of benzene rings is 1. The standard InChI is InChI=1S/C17H29ClN4O2S.HI/c1-4-19-17(20-12-6-14-22(3)25(23,24)5-2)21-13-11-15-7-9-16(18)10-8-15;/h7-10H,4-6,11-14H2,1-3H3,(H2,19,20,21);1H. The highest BCUT2D eigenvalue weighted by atomic mass is 127. The van der Waals surface area contributed by atoms with Gasteiger partial charge in [-0.05, 0) is 44.4 Å². The molecule has 1 rings (SSSR count). The van der Waals surface area contributed by atoms with Gasteiger partial charge in [0.2, 0.25) is 10.0 Å². The summed E-state index contributed by atoms with van der Waals surface area (Å²) in [4.78, 5) is 4.49. The van der Waals surface area contributed by atoms with Crippen LogP contribution in [0.2, 0.25) is 5.02 Å². The fraction of sp³-hybridized carbons (Fsp3) is 0.588. The quantitative estimate of drug-likeness (QED) is 0.217. The van der Waals surface area contributed by atoms with E-state index in [1.54, 1.807) is 14.0 Å². The number of nitrogens with one attached hydrogen (secondary N) is 2. The van der Waals surface area contributed by atoms with Crippen LogP contribution in [0.3, 0.4) is 0 Å². The van der Waals surface area contributed by atoms with E-state index in [-0.39, 0.29) is 29.7 Å². The van der Waals surface area contributed by atoms with E-state index in [0.29, 0.717) is 19.5 Å². The maximum Gasteiger partial charge on any atom is 0.213 e. The number of sulfonamides is 1. The minimum Gasteiger partial charge on any atom is -0.357 e. The lowest BCUT2D eigenvalue weighted by Crippen LogP contribution is -2.38. The van der Waals surface area contributed by atoms with Crippen molar-refractivity contribution in [2.45, 2.75) is 26.7 Å². The first kappa shape index (κ1) is 25.4. The second-order valence-electron chi connectivity index (χ2n) is 5.64. The summed E-state index contributed by atoms with van der Waals surface area (Å²) >= 11 is 5.88. The van der Waals surface area contributed by atoms with Crippen molar-refractivity contribution in [1.29, 1.82) is 0 Å². The van der Waals surface area contributed by atoms with Crippen molar-refractivity contribution >= 4 is 51.6 Å². The van der Waals surface area contributed by atoms with Gasteiger partial charge >= 0.3 is 0 Å². The maximum absolute atomic E-state index is 11.7. The normalized spacial score (nSPS) is 12.0. The Bertz CT molecular complexity index is 639. The molecule has 150 valence electrons. The minimum absolute atomic E-state index is 0. The molecular formula is C17H30ClIN4O2S. The number of hydrogen-bond donors (Lipinski definition) is 2. The summed E-state index contributed by atoms with van der Waals surface area (Å²) in [7, 11) is -1.50. The molecule has 0 atom stereocenters. The van der Waals surface area contributed by atoms with Crippen LogP contribution in [0.15, 0.2) is 29.3 Å². The van der Waals surface area contributed by atoms with Crippen LogP contribution in [0.4, 0.5) is 0 Å². The SMILES string of the molecule is CCNC(=NCCCN(C)S(=O)(=O)CC)NCCc1ccc(Cl)cc1.I. The Morgan fingerprint density at radius 1 is 1.19 bits per heavy atom. The molecule has 0 unspecified atom stereocenters. The fourth-order valence-corrected chi connectivity index (χ4v) is 3.14. The van der Waals surface area contributed by atoms with Crippen molar-refractivity contribution in [3.05, 3.63) is 34.9 Å². The van der Waals surface area contributed by atoms with E-state index >= 15 is 0 Å². The molecule has 0 aliphatic rings. The lowest BCUT2D eigenvalue weighted by Gasteiger charge is -2.15. The summed E-state index contributed by atoms with van der Waals surface area (Å²) in [6.07, 6.45) is 1.56. The van der Waals surface area contributed by atoms with Crippen LogP contribution in [0.5, 0.6) is 0 Å². The molecule has 0 heterocycles. The average molecular weight is 517 g/mol. The zero-order chi connectivity index (χ0) is 18.7. The molecular weight excluding hydrogens is 487 g/mol. The van der Waals surface area contributed by atoms with Gasteiger partial charge in [0, 0.05) is 38.2 Å². The molecule has 0 radical (unpaired) electrons. The first-order valence-corrected chi connectivity index (χ1v) is 10.6. The smallest absolute Gasteiger partial charge is 0.213 e. The molecule has 0 aliphatic heterocycles. The van der Waals surface area contributed by atoms with Crippen LogP contribution in [0, 0.1) is 0 Å². The van der Waals surface area contributed by atoms with Crippen molar-refractivity contribution in [2.24, 2.45) is 4.99 Å². The lowest BCUT2D eigenvalue weighted by atomic mass is 10.1. The molecule has 0 aliphatic carbocycles. The van der Waals surface area contributed by atoms with Gasteiger partial charge in [0.15, 0.2) is 5.96 Å². The molecule has 1 aromatic rings. The number of halogens is 2. The molecule has 9 heteroatoms. The van der Waals surface area contributed by atoms with Gasteiger partial charge in [0.05, 0.1) is 5.75 Å². The molecule has 26 heavy (non-hydrogen) atoms. The lowest BCUT2D eigenvalue weighted by molar-refractivity contribution is 0.465. The Labute approximate surface area is 179 Å². The van der Waals surface area contributed by atoms with Gasteiger partial charge in [-0.15, -0.1) is 24.0 Å². The summed E-state index contributed by atoms with van der Waals surface area (Å²) < 4.78 is 24.8. The van der Waals surface area contributed by atoms with E-state index in [9.17, 15) is 8.42 Å². The van der Waals surface area contributed by atoms with Crippen molar-refractivity contribution < 1.29 is 8.42 Å². The number of hydrogen-bond acceptors (Lipinski definition) is 3. The number of guanidine groups is 1. The predicted molar refractivity (Wildman–Crippen MR) is 121 cm³/mol. The first-order chi connectivity index (χ1) is 11.9. The molecule has 6 nitrogen and oxygen atoms in total. The van der Waals surface area contributed by atoms with Gasteiger partial charge in [-0.2, -0.15) is 0 Å². The summed E-state index contributed by atoms with van der Waals surface area (Å²) in [5.41, 5.74) is 1.21. The third kappa shape index (κ3) is 9.94. The van der Waals surface area contributed by atoms with Crippen LogP contribution in [0.1, 0.15) is 25.8 Å². The van der Waals surface area contributed by atoms with E-state index in [1.165, 1.54) is 9.87 Å². The maximum atomic E-state index is 11.7. The van der Waals surface area contributed by atoms with E-state index < -0.39 is 10.0 Å². The van der Waals surface area contributed by atoms with Gasteiger partial charge < -0.3 is 10.6 Å². The molecule has 0 aromatic heterocycles. The number of nitrogens with zero attached hydrogens (tertiary/aromatic N) is 2. The van der Waals surface area contributed by atoms with Gasteiger partial charge in [-0.25, -0.2) is 12.7 Å². The Morgan fingerprint density at radius 3 is 2.42 bits per heavy atom. The first-order valence-electron chi connectivity index (χ1n) is 8.59. The molecule has 1 aromatic carbocycles. The van der Waals surface area contributed by atoms with Crippen molar-refractivity contribution in [3.8, 4) is 0 Å². The van der Waals surface area contributed by atoms with Crippen LogP contribution in [-0.4, -0.2) is 57.7 Å². The summed E-state index contributed by atoms with van der Waals surface area (Å²) in [5.74, 6) is 0.874. The predicted octanol–water partition coefficient (Wildman–Crippen LogP) is 2.73. The van der Waals surface area contributed by atoms with E-state index in [0.717, 1.165) is 30.5 Å². The molecule has 0 saturated carbocycles. The highest BCUT2D eigenvalue weighted by Crippen LogP contribution is 2.09. The topological polar surface area (TPSA) is 73.8 Å². The van der Waals surface area contributed by atoms with Gasteiger partial charge in [-0.1, -0.05) is 23.7 Å². The highest BCUT2D eigenvalue weighted by molar-refractivity contribution is 14.0. The third-order valence-electron chi connectivity index (χ3n) is 3.70. The Hall–Kier alpha value is -0.580. The second-order valence-corrected chi connectivity index (χ2v) is 8.44. The van der Waals surface area contributed by atoms with Crippen LogP contribution in [0.25, 0.3) is 0 Å². The Kier molecular flexibility index (Phi) is 13.3. The van der Waals surface area contributed by atoms with Gasteiger partial charge in [0.25, 0.3) is 0 Å². The molecule has 0 fully saturated rings. The molecule has 0 saturated heterocycles. The number of aliphatic imine (C=N–C) groups is 1. The van der Waals surface area contributed by atoms with Crippen molar-refractivity contribution in [3.63, 3.8) is 0 Å². The number of rotatable bonds is 10. The second kappa shape index (κ2) is 13.6. The third-order valence-corrected chi connectivity index (χ3v) is 5.82. The van der Waals surface area contributed by atoms with E-state index in [4.69, 9.17) is 11.6 Å². The van der Waals surface area contributed by atoms with Crippen LogP contribution in [-0.2, 0) is 16.4 Å². The largest absolute Gasteiger partial charge is 0.357 e. The molecule has 2 N–H and O–H groups in total. The average Bonchev–Trinajstić information content (AvgIpc) is 2.60. The van der Waals surface area contributed by atoms with Crippen molar-refractivity contribution in [1.82, 2.24) is 14.9 Å². The zero-order valence-corrected chi connectivity index (χ0v) is 19.6. The molecule has 0 amide bonds. The molecule has 0 spiro atoms. The van der Waals surface area contributed by atoms with E-state index in [1.807, 2.05) is 31.2 Å². The van der Waals surface area contributed by atoms with E-state index in [2.05, 4.69) is 15.6 Å². The molecule has 0 bridgehead atoms. The Morgan fingerprint density at radius 2 is 1.85 bits per heavy atom. The fourth-order valence-electron chi connectivity index (χ4n) is 2.16.